The van der Waals surface area contributed by atoms with Gasteiger partial charge in [-0.1, -0.05) is 11.6 Å². The summed E-state index contributed by atoms with van der Waals surface area (Å²) in [7, 11) is 0. The lowest BCUT2D eigenvalue weighted by atomic mass is 10.2. The summed E-state index contributed by atoms with van der Waals surface area (Å²) >= 11 is 5.90. The van der Waals surface area contributed by atoms with Crippen molar-refractivity contribution in [2.24, 2.45) is 0 Å². The van der Waals surface area contributed by atoms with Gasteiger partial charge in [0.25, 0.3) is 11.6 Å². The molecule has 2 rings (SSSR count). The van der Waals surface area contributed by atoms with Gasteiger partial charge in [-0.05, 0) is 19.9 Å². The molecule has 0 bridgehead atoms. The van der Waals surface area contributed by atoms with Crippen LogP contribution in [0.4, 0.5) is 11.5 Å². The van der Waals surface area contributed by atoms with E-state index in [2.05, 4.69) is 15.5 Å². The molecule has 2 aromatic rings. The van der Waals surface area contributed by atoms with Crippen LogP contribution >= 0.6 is 11.6 Å². The largest absolute Gasteiger partial charge is 0.305 e. The van der Waals surface area contributed by atoms with Crippen LogP contribution in [-0.2, 0) is 0 Å². The van der Waals surface area contributed by atoms with E-state index in [9.17, 15) is 14.9 Å². The fourth-order valence-electron chi connectivity index (χ4n) is 1.58. The van der Waals surface area contributed by atoms with Crippen molar-refractivity contribution in [1.29, 1.82) is 0 Å². The van der Waals surface area contributed by atoms with Gasteiger partial charge in [0, 0.05) is 23.4 Å². The van der Waals surface area contributed by atoms with Crippen LogP contribution in [0.2, 0.25) is 5.02 Å². The first kappa shape index (κ1) is 14.0. The number of aryl methyl sites for hydroxylation is 1. The zero-order valence-electron chi connectivity index (χ0n) is 10.7. The molecule has 0 spiro atoms. The molecule has 20 heavy (non-hydrogen) atoms. The molecule has 2 N–H and O–H groups in total. The minimum Gasteiger partial charge on any atom is -0.305 e. The topological polar surface area (TPSA) is 101 Å². The van der Waals surface area contributed by atoms with Crippen LogP contribution < -0.4 is 5.32 Å². The summed E-state index contributed by atoms with van der Waals surface area (Å²) in [6, 6.07) is 3.69. The highest BCUT2D eigenvalue weighted by Gasteiger charge is 2.17. The number of amides is 1. The van der Waals surface area contributed by atoms with E-state index in [-0.39, 0.29) is 16.3 Å². The Morgan fingerprint density at radius 2 is 2.15 bits per heavy atom. The van der Waals surface area contributed by atoms with E-state index in [0.29, 0.717) is 5.82 Å². The highest BCUT2D eigenvalue weighted by molar-refractivity contribution is 6.34. The summed E-state index contributed by atoms with van der Waals surface area (Å²) in [5, 5.41) is 20.1. The standard InChI is InChI=1S/C12H11ClN4O3/c1-6-7(2)15-16-11(6)14-12(18)9-5-8(17(19)20)3-4-10(9)13/h3-5H,1-2H3,(H2,14,15,16,18). The average molecular weight is 295 g/mol. The van der Waals surface area contributed by atoms with E-state index in [4.69, 9.17) is 11.6 Å². The van der Waals surface area contributed by atoms with E-state index < -0.39 is 10.8 Å². The molecule has 0 unspecified atom stereocenters. The lowest BCUT2D eigenvalue weighted by Crippen LogP contribution is -2.14. The van der Waals surface area contributed by atoms with E-state index in [0.717, 1.165) is 17.3 Å². The van der Waals surface area contributed by atoms with Gasteiger partial charge in [-0.15, -0.1) is 0 Å². The molecule has 0 aliphatic heterocycles. The van der Waals surface area contributed by atoms with Crippen molar-refractivity contribution in [2.45, 2.75) is 13.8 Å². The number of nitrogens with one attached hydrogen (secondary N) is 2. The zero-order valence-corrected chi connectivity index (χ0v) is 11.5. The van der Waals surface area contributed by atoms with Crippen molar-refractivity contribution >= 4 is 29.0 Å². The second kappa shape index (κ2) is 5.30. The van der Waals surface area contributed by atoms with Gasteiger partial charge in [0.2, 0.25) is 0 Å². The van der Waals surface area contributed by atoms with Crippen LogP contribution in [0.15, 0.2) is 18.2 Å². The molecule has 8 heteroatoms. The van der Waals surface area contributed by atoms with Gasteiger partial charge < -0.3 is 5.32 Å². The third-order valence-electron chi connectivity index (χ3n) is 2.89. The van der Waals surface area contributed by atoms with Crippen LogP contribution in [-0.4, -0.2) is 21.0 Å². The summed E-state index contributed by atoms with van der Waals surface area (Å²) in [5.41, 5.74) is 1.45. The Kier molecular flexibility index (Phi) is 3.71. The minimum absolute atomic E-state index is 0.0286. The monoisotopic (exact) mass is 294 g/mol. The molecule has 1 heterocycles. The van der Waals surface area contributed by atoms with Crippen molar-refractivity contribution in [2.75, 3.05) is 5.32 Å². The van der Waals surface area contributed by atoms with Crippen molar-refractivity contribution in [3.8, 4) is 0 Å². The van der Waals surface area contributed by atoms with Crippen LogP contribution in [0.3, 0.4) is 0 Å². The van der Waals surface area contributed by atoms with E-state index >= 15 is 0 Å². The van der Waals surface area contributed by atoms with Gasteiger partial charge in [-0.25, -0.2) is 0 Å². The van der Waals surface area contributed by atoms with E-state index in [1.807, 2.05) is 6.92 Å². The maximum Gasteiger partial charge on any atom is 0.270 e. The first-order chi connectivity index (χ1) is 9.40. The molecule has 1 aromatic heterocycles. The van der Waals surface area contributed by atoms with Gasteiger partial charge in [0.15, 0.2) is 5.82 Å². The number of aromatic amines is 1. The number of carbonyl (C=O) groups is 1. The lowest BCUT2D eigenvalue weighted by molar-refractivity contribution is -0.384. The maximum atomic E-state index is 12.1. The highest BCUT2D eigenvalue weighted by Crippen LogP contribution is 2.23. The minimum atomic E-state index is -0.586. The third-order valence-corrected chi connectivity index (χ3v) is 3.22. The molecule has 1 amide bonds. The third kappa shape index (κ3) is 2.62. The Morgan fingerprint density at radius 1 is 1.45 bits per heavy atom. The number of halogens is 1. The number of hydrogen-bond acceptors (Lipinski definition) is 4. The summed E-state index contributed by atoms with van der Waals surface area (Å²) in [6.07, 6.45) is 0. The Bertz CT molecular complexity index is 696. The van der Waals surface area contributed by atoms with Crippen LogP contribution in [0, 0.1) is 24.0 Å². The SMILES string of the molecule is Cc1[nH]nc(NC(=O)c2cc([N+](=O)[O-])ccc2Cl)c1C. The first-order valence-corrected chi connectivity index (χ1v) is 6.05. The van der Waals surface area contributed by atoms with Gasteiger partial charge in [-0.2, -0.15) is 5.10 Å². The fourth-order valence-corrected chi connectivity index (χ4v) is 1.79. The van der Waals surface area contributed by atoms with Gasteiger partial charge in [0.05, 0.1) is 15.5 Å². The molecule has 0 aliphatic rings. The zero-order chi connectivity index (χ0) is 14.9. The molecular formula is C12H11ClN4O3. The van der Waals surface area contributed by atoms with Crippen LogP contribution in [0.25, 0.3) is 0 Å². The summed E-state index contributed by atoms with van der Waals surface area (Å²) in [6.45, 7) is 3.61. The number of nitro groups is 1. The van der Waals surface area contributed by atoms with E-state index in [1.165, 1.54) is 12.1 Å². The smallest absolute Gasteiger partial charge is 0.270 e. The van der Waals surface area contributed by atoms with Crippen LogP contribution in [0.5, 0.6) is 0 Å². The Labute approximate surface area is 119 Å². The molecule has 7 nitrogen and oxygen atoms in total. The number of H-pyrrole nitrogens is 1. The van der Waals surface area contributed by atoms with Crippen molar-refractivity contribution in [1.82, 2.24) is 10.2 Å². The molecular weight excluding hydrogens is 284 g/mol. The fraction of sp³-hybridized carbons (Fsp3) is 0.167. The molecule has 1 aromatic carbocycles. The molecule has 104 valence electrons. The molecule has 0 atom stereocenters. The summed E-state index contributed by atoms with van der Waals surface area (Å²) in [4.78, 5) is 22.2. The number of benzene rings is 1. The number of aromatic nitrogens is 2. The predicted octanol–water partition coefficient (Wildman–Crippen LogP) is 2.84. The van der Waals surface area contributed by atoms with Gasteiger partial charge in [-0.3, -0.25) is 20.0 Å². The molecule has 0 aliphatic carbocycles. The van der Waals surface area contributed by atoms with Crippen LogP contribution in [0.1, 0.15) is 21.6 Å². The Morgan fingerprint density at radius 3 is 2.70 bits per heavy atom. The number of nitrogens with zero attached hydrogens (tertiary/aromatic N) is 2. The molecule has 0 radical (unpaired) electrons. The second-order valence-electron chi connectivity index (χ2n) is 4.20. The molecule has 0 saturated heterocycles. The first-order valence-electron chi connectivity index (χ1n) is 5.67. The summed E-state index contributed by atoms with van der Waals surface area (Å²) < 4.78 is 0. The van der Waals surface area contributed by atoms with Crippen molar-refractivity contribution in [3.05, 3.63) is 50.2 Å². The normalized spacial score (nSPS) is 10.3. The number of hydrogen-bond donors (Lipinski definition) is 2. The second-order valence-corrected chi connectivity index (χ2v) is 4.60. The van der Waals surface area contributed by atoms with Crippen molar-refractivity contribution < 1.29 is 9.72 Å². The number of rotatable bonds is 3. The lowest BCUT2D eigenvalue weighted by Gasteiger charge is -2.05. The number of non-ortho nitro benzene ring substituents is 1. The number of anilines is 1. The maximum absolute atomic E-state index is 12.1. The average Bonchev–Trinajstić information content (AvgIpc) is 2.71. The molecule has 0 saturated carbocycles. The van der Waals surface area contributed by atoms with E-state index in [1.54, 1.807) is 6.92 Å². The Balaban J connectivity index is 2.31. The number of nitro benzene ring substituents is 1. The van der Waals surface area contributed by atoms with Gasteiger partial charge in [0.1, 0.15) is 0 Å². The summed E-state index contributed by atoms with van der Waals surface area (Å²) in [5.74, 6) is -0.177. The van der Waals surface area contributed by atoms with Gasteiger partial charge >= 0.3 is 0 Å². The molecule has 0 fully saturated rings. The number of carbonyl (C=O) groups excluding carboxylic acids is 1. The quantitative estimate of drug-likeness (QED) is 0.671. The van der Waals surface area contributed by atoms with Crippen molar-refractivity contribution in [3.63, 3.8) is 0 Å². The Hall–Kier alpha value is -2.41. The highest BCUT2D eigenvalue weighted by atomic mass is 35.5. The predicted molar refractivity (Wildman–Crippen MR) is 74.1 cm³/mol.